The maximum Gasteiger partial charge on any atom is 0.338 e. The Labute approximate surface area is 230 Å². The first kappa shape index (κ1) is 26.8. The van der Waals surface area contributed by atoms with E-state index in [1.807, 2.05) is 18.2 Å². The van der Waals surface area contributed by atoms with Crippen LogP contribution in [0.25, 0.3) is 0 Å². The largest absolute Gasteiger partial charge is 0.450 e. The molecule has 200 valence electrons. The van der Waals surface area contributed by atoms with E-state index in [1.165, 1.54) is 46.9 Å². The van der Waals surface area contributed by atoms with Gasteiger partial charge in [0.05, 0.1) is 23.1 Å². The van der Waals surface area contributed by atoms with Crippen LogP contribution in [-0.4, -0.2) is 35.6 Å². The van der Waals surface area contributed by atoms with E-state index >= 15 is 0 Å². The quantitative estimate of drug-likeness (QED) is 0.151. The minimum atomic E-state index is -1.14. The summed E-state index contributed by atoms with van der Waals surface area (Å²) in [7, 11) is 0. The molecule has 2 fully saturated rings. The Morgan fingerprint density at radius 1 is 0.872 bits per heavy atom. The van der Waals surface area contributed by atoms with Crippen LogP contribution in [0.3, 0.4) is 0 Å². The molecular weight excluding hydrogens is 521 g/mol. The average Bonchev–Trinajstić information content (AvgIpc) is 3.22. The summed E-state index contributed by atoms with van der Waals surface area (Å²) in [4.78, 5) is 53.4. The number of ketones is 1. The van der Waals surface area contributed by atoms with Crippen LogP contribution in [0.4, 0.5) is 10.1 Å². The fourth-order valence-electron chi connectivity index (χ4n) is 5.55. The third kappa shape index (κ3) is 5.50. The molecule has 3 aromatic carbocycles. The molecule has 2 aliphatic rings. The molecule has 0 radical (unpaired) electrons. The van der Waals surface area contributed by atoms with Crippen molar-refractivity contribution >= 4 is 40.9 Å². The van der Waals surface area contributed by atoms with Gasteiger partial charge < -0.3 is 4.74 Å². The zero-order valence-electron chi connectivity index (χ0n) is 21.1. The first-order valence-corrected chi connectivity index (χ1v) is 13.5. The standard InChI is InChI=1S/C31H27ClFNO5/c32-17-16-27(28(35)20-6-11-23(33)12-7-20)39-31(38)21-8-13-24(14-9-21)34-29(36)25-15-10-22(18-26(25)30(34)37)19-4-2-1-3-5-19/h1-9,11-14,22,25-27H,10,15-18H2/t22-,25+,26-,27+/m1/s1. The number of fused-ring (bicyclic) bond motifs is 1. The molecule has 0 aromatic heterocycles. The summed E-state index contributed by atoms with van der Waals surface area (Å²) in [6, 6.07) is 21.0. The van der Waals surface area contributed by atoms with Gasteiger partial charge in [0.1, 0.15) is 5.82 Å². The fraction of sp³-hybridized carbons (Fsp3) is 0.290. The van der Waals surface area contributed by atoms with Crippen molar-refractivity contribution in [1.82, 2.24) is 0 Å². The van der Waals surface area contributed by atoms with Crippen LogP contribution in [0, 0.1) is 17.7 Å². The molecule has 5 rings (SSSR count). The van der Waals surface area contributed by atoms with Gasteiger partial charge in [-0.25, -0.2) is 9.18 Å². The summed E-state index contributed by atoms with van der Waals surface area (Å²) >= 11 is 5.83. The Morgan fingerprint density at radius 3 is 2.18 bits per heavy atom. The molecule has 0 N–H and O–H groups in total. The molecule has 1 aliphatic heterocycles. The highest BCUT2D eigenvalue weighted by molar-refractivity contribution is 6.22. The highest BCUT2D eigenvalue weighted by Crippen LogP contribution is 2.45. The molecule has 0 unspecified atom stereocenters. The number of carbonyl (C=O) groups is 4. The monoisotopic (exact) mass is 547 g/mol. The Bertz CT molecular complexity index is 1380. The van der Waals surface area contributed by atoms with E-state index in [4.69, 9.17) is 16.3 Å². The molecule has 6 nitrogen and oxygen atoms in total. The van der Waals surface area contributed by atoms with Gasteiger partial charge in [-0.3, -0.25) is 19.3 Å². The third-order valence-electron chi connectivity index (χ3n) is 7.60. The summed E-state index contributed by atoms with van der Waals surface area (Å²) in [5.41, 5.74) is 1.94. The van der Waals surface area contributed by atoms with Gasteiger partial charge in [-0.1, -0.05) is 30.3 Å². The summed E-state index contributed by atoms with van der Waals surface area (Å²) in [5, 5.41) is 0. The highest BCUT2D eigenvalue weighted by atomic mass is 35.5. The van der Waals surface area contributed by atoms with Gasteiger partial charge in [-0.15, -0.1) is 11.6 Å². The summed E-state index contributed by atoms with van der Waals surface area (Å²) in [5.74, 6) is -2.52. The lowest BCUT2D eigenvalue weighted by Gasteiger charge is -2.28. The highest BCUT2D eigenvalue weighted by Gasteiger charge is 2.50. The predicted octanol–water partition coefficient (Wildman–Crippen LogP) is 5.94. The van der Waals surface area contributed by atoms with Gasteiger partial charge in [-0.2, -0.15) is 0 Å². The minimum Gasteiger partial charge on any atom is -0.450 e. The van der Waals surface area contributed by atoms with Gasteiger partial charge in [0.15, 0.2) is 6.10 Å². The summed E-state index contributed by atoms with van der Waals surface area (Å²) in [6.45, 7) is 0. The van der Waals surface area contributed by atoms with E-state index in [2.05, 4.69) is 12.1 Å². The predicted molar refractivity (Wildman–Crippen MR) is 144 cm³/mol. The van der Waals surface area contributed by atoms with Crippen molar-refractivity contribution in [3.63, 3.8) is 0 Å². The normalized spacial score (nSPS) is 21.4. The number of esters is 1. The second-order valence-electron chi connectivity index (χ2n) is 9.94. The first-order chi connectivity index (χ1) is 18.9. The molecule has 0 spiro atoms. The van der Waals surface area contributed by atoms with Crippen LogP contribution < -0.4 is 4.90 Å². The van der Waals surface area contributed by atoms with Gasteiger partial charge in [-0.05, 0) is 79.3 Å². The van der Waals surface area contributed by atoms with Crippen LogP contribution in [0.5, 0.6) is 0 Å². The van der Waals surface area contributed by atoms with Crippen LogP contribution in [0.1, 0.15) is 57.9 Å². The number of rotatable bonds is 8. The number of amides is 2. The number of carbonyl (C=O) groups excluding carboxylic acids is 4. The Hall–Kier alpha value is -3.84. The maximum absolute atomic E-state index is 13.3. The average molecular weight is 548 g/mol. The Balaban J connectivity index is 1.27. The fourth-order valence-corrected chi connectivity index (χ4v) is 5.75. The Kier molecular flexibility index (Phi) is 7.89. The van der Waals surface area contributed by atoms with Crippen LogP contribution in [-0.2, 0) is 14.3 Å². The number of anilines is 1. The van der Waals surface area contributed by atoms with E-state index in [0.717, 1.165) is 18.6 Å². The van der Waals surface area contributed by atoms with Crippen LogP contribution in [0.15, 0.2) is 78.9 Å². The number of hydrogen-bond donors (Lipinski definition) is 0. The number of imide groups is 1. The van der Waals surface area contributed by atoms with Crippen molar-refractivity contribution in [2.75, 3.05) is 10.8 Å². The van der Waals surface area contributed by atoms with Crippen molar-refractivity contribution in [3.8, 4) is 0 Å². The molecule has 0 bridgehead atoms. The lowest BCUT2D eigenvalue weighted by Crippen LogP contribution is -2.31. The van der Waals surface area contributed by atoms with E-state index in [9.17, 15) is 23.6 Å². The molecule has 1 saturated carbocycles. The second-order valence-corrected chi connectivity index (χ2v) is 10.3. The maximum atomic E-state index is 13.3. The molecular formula is C31H27ClFNO5. The molecule has 8 heteroatoms. The van der Waals surface area contributed by atoms with E-state index in [1.54, 1.807) is 0 Å². The topological polar surface area (TPSA) is 80.8 Å². The molecule has 1 saturated heterocycles. The van der Waals surface area contributed by atoms with Crippen molar-refractivity contribution < 1.29 is 28.3 Å². The first-order valence-electron chi connectivity index (χ1n) is 13.0. The SMILES string of the molecule is O=C(O[C@@H](CCCl)C(=O)c1ccc(F)cc1)c1ccc(N2C(=O)[C@H]3CC[C@@H](c4ccccc4)C[C@H]3C2=O)cc1. The number of benzene rings is 3. The minimum absolute atomic E-state index is 0.0798. The molecule has 4 atom stereocenters. The molecule has 39 heavy (non-hydrogen) atoms. The lowest BCUT2D eigenvalue weighted by molar-refractivity contribution is -0.122. The number of hydrogen-bond acceptors (Lipinski definition) is 5. The van der Waals surface area contributed by atoms with E-state index < -0.39 is 23.7 Å². The number of alkyl halides is 1. The van der Waals surface area contributed by atoms with Crippen LogP contribution in [0.2, 0.25) is 0 Å². The van der Waals surface area contributed by atoms with E-state index in [-0.39, 0.29) is 53.0 Å². The van der Waals surface area contributed by atoms with Gasteiger partial charge in [0.2, 0.25) is 17.6 Å². The summed E-state index contributed by atoms with van der Waals surface area (Å²) < 4.78 is 18.7. The number of ether oxygens (including phenoxy) is 1. The zero-order chi connectivity index (χ0) is 27.5. The van der Waals surface area contributed by atoms with E-state index in [0.29, 0.717) is 18.5 Å². The Morgan fingerprint density at radius 2 is 1.51 bits per heavy atom. The lowest BCUT2D eigenvalue weighted by atomic mass is 9.73. The van der Waals surface area contributed by atoms with Gasteiger partial charge in [0, 0.05) is 17.9 Å². The van der Waals surface area contributed by atoms with Crippen molar-refractivity contribution in [3.05, 3.63) is 101 Å². The number of Topliss-reactive ketones (excluding diaryl/α,β-unsaturated/α-hetero) is 1. The van der Waals surface area contributed by atoms with Crippen LogP contribution >= 0.6 is 11.6 Å². The van der Waals surface area contributed by atoms with Gasteiger partial charge >= 0.3 is 5.97 Å². The van der Waals surface area contributed by atoms with Gasteiger partial charge in [0.25, 0.3) is 0 Å². The number of nitrogens with zero attached hydrogens (tertiary/aromatic N) is 1. The molecule has 3 aromatic rings. The molecule has 2 amide bonds. The second kappa shape index (κ2) is 11.5. The molecule has 1 aliphatic carbocycles. The van der Waals surface area contributed by atoms with Crippen molar-refractivity contribution in [2.24, 2.45) is 11.8 Å². The third-order valence-corrected chi connectivity index (χ3v) is 7.82. The van der Waals surface area contributed by atoms with Crippen molar-refractivity contribution in [1.29, 1.82) is 0 Å². The molecule has 1 heterocycles. The zero-order valence-corrected chi connectivity index (χ0v) is 21.9. The smallest absolute Gasteiger partial charge is 0.338 e. The summed E-state index contributed by atoms with van der Waals surface area (Å²) in [6.07, 6.45) is 1.08. The number of halogens is 2. The van der Waals surface area contributed by atoms with Crippen molar-refractivity contribution in [2.45, 2.75) is 37.7 Å².